The zero-order chi connectivity index (χ0) is 13.1. The maximum absolute atomic E-state index is 12.1. The van der Waals surface area contributed by atoms with E-state index in [4.69, 9.17) is 5.11 Å². The first-order valence-electron chi connectivity index (χ1n) is 6.14. The first-order valence-corrected chi connectivity index (χ1v) is 6.14. The minimum absolute atomic E-state index is 0.174. The molecule has 1 aromatic rings. The van der Waals surface area contributed by atoms with Crippen molar-refractivity contribution in [2.45, 2.75) is 26.3 Å². The summed E-state index contributed by atoms with van der Waals surface area (Å²) in [6.07, 6.45) is 5.36. The van der Waals surface area contributed by atoms with Crippen LogP contribution in [0, 0.1) is 5.92 Å². The molecule has 1 aliphatic carbocycles. The van der Waals surface area contributed by atoms with Crippen LogP contribution < -0.4 is 10.5 Å². The molecule has 0 saturated heterocycles. The molecule has 0 unspecified atom stereocenters. The van der Waals surface area contributed by atoms with Gasteiger partial charge in [0.1, 0.15) is 6.54 Å². The Morgan fingerprint density at radius 1 is 1.61 bits per heavy atom. The highest BCUT2D eigenvalue weighted by atomic mass is 16.4. The zero-order valence-electron chi connectivity index (χ0n) is 10.4. The summed E-state index contributed by atoms with van der Waals surface area (Å²) in [5.74, 6) is -0.196. The van der Waals surface area contributed by atoms with Crippen molar-refractivity contribution in [2.75, 3.05) is 18.0 Å². The van der Waals surface area contributed by atoms with Crippen LogP contribution in [0.25, 0.3) is 0 Å². The summed E-state index contributed by atoms with van der Waals surface area (Å²) in [7, 11) is 0. The SMILES string of the molecule is CCn1ccnc(N(CC(=O)O)CC2CC2)c1=O. The minimum atomic E-state index is -0.941. The highest BCUT2D eigenvalue weighted by molar-refractivity contribution is 5.73. The molecule has 18 heavy (non-hydrogen) atoms. The largest absolute Gasteiger partial charge is 0.480 e. The van der Waals surface area contributed by atoms with E-state index in [2.05, 4.69) is 4.98 Å². The van der Waals surface area contributed by atoms with Gasteiger partial charge in [-0.15, -0.1) is 0 Å². The second kappa shape index (κ2) is 5.20. The predicted molar refractivity (Wildman–Crippen MR) is 66.7 cm³/mol. The van der Waals surface area contributed by atoms with Crippen molar-refractivity contribution in [2.24, 2.45) is 5.92 Å². The summed E-state index contributed by atoms with van der Waals surface area (Å²) < 4.78 is 1.53. The second-order valence-electron chi connectivity index (χ2n) is 4.56. The fraction of sp³-hybridized carbons (Fsp3) is 0.583. The van der Waals surface area contributed by atoms with Gasteiger partial charge in [0.05, 0.1) is 0 Å². The number of hydrogen-bond acceptors (Lipinski definition) is 4. The Bertz CT molecular complexity index is 494. The van der Waals surface area contributed by atoms with Crippen LogP contribution in [-0.2, 0) is 11.3 Å². The van der Waals surface area contributed by atoms with Gasteiger partial charge in [0, 0.05) is 25.5 Å². The van der Waals surface area contributed by atoms with Crippen molar-refractivity contribution in [3.63, 3.8) is 0 Å². The Kier molecular flexibility index (Phi) is 3.64. The molecule has 0 aliphatic heterocycles. The van der Waals surface area contributed by atoms with E-state index in [1.807, 2.05) is 6.92 Å². The number of hydrogen-bond donors (Lipinski definition) is 1. The third-order valence-electron chi connectivity index (χ3n) is 3.04. The van der Waals surface area contributed by atoms with Crippen LogP contribution in [0.15, 0.2) is 17.2 Å². The summed E-state index contributed by atoms with van der Waals surface area (Å²) in [5.41, 5.74) is -0.220. The Morgan fingerprint density at radius 3 is 2.89 bits per heavy atom. The molecular weight excluding hydrogens is 234 g/mol. The lowest BCUT2D eigenvalue weighted by Gasteiger charge is -2.21. The molecule has 6 nitrogen and oxygen atoms in total. The fourth-order valence-electron chi connectivity index (χ4n) is 1.90. The maximum atomic E-state index is 12.1. The van der Waals surface area contributed by atoms with E-state index in [9.17, 15) is 9.59 Å². The summed E-state index contributed by atoms with van der Waals surface area (Å²) in [6.45, 7) is 2.85. The van der Waals surface area contributed by atoms with Crippen molar-refractivity contribution in [1.29, 1.82) is 0 Å². The molecule has 0 bridgehead atoms. The lowest BCUT2D eigenvalue weighted by molar-refractivity contribution is -0.135. The van der Waals surface area contributed by atoms with E-state index in [-0.39, 0.29) is 17.9 Å². The first kappa shape index (κ1) is 12.6. The molecule has 2 rings (SSSR count). The standard InChI is InChI=1S/C12H17N3O3/c1-2-14-6-5-13-11(12(14)18)15(8-10(16)17)7-9-3-4-9/h5-6,9H,2-4,7-8H2,1H3,(H,16,17). The molecule has 98 valence electrons. The molecule has 0 radical (unpaired) electrons. The Balaban J connectivity index is 2.28. The van der Waals surface area contributed by atoms with Gasteiger partial charge in [0.15, 0.2) is 5.82 Å². The van der Waals surface area contributed by atoms with Crippen LogP contribution in [0.3, 0.4) is 0 Å². The number of nitrogens with zero attached hydrogens (tertiary/aromatic N) is 3. The Hall–Kier alpha value is -1.85. The number of aryl methyl sites for hydroxylation is 1. The van der Waals surface area contributed by atoms with Crippen LogP contribution in [0.1, 0.15) is 19.8 Å². The van der Waals surface area contributed by atoms with E-state index in [0.717, 1.165) is 12.8 Å². The molecule has 1 saturated carbocycles. The van der Waals surface area contributed by atoms with Crippen LogP contribution in [0.4, 0.5) is 5.82 Å². The monoisotopic (exact) mass is 251 g/mol. The predicted octanol–water partition coefficient (Wildman–Crippen LogP) is 0.564. The molecule has 1 aliphatic rings. The molecule has 1 heterocycles. The van der Waals surface area contributed by atoms with Gasteiger partial charge in [0.2, 0.25) is 0 Å². The van der Waals surface area contributed by atoms with E-state index in [0.29, 0.717) is 19.0 Å². The third kappa shape index (κ3) is 2.88. The van der Waals surface area contributed by atoms with E-state index in [1.54, 1.807) is 17.3 Å². The summed E-state index contributed by atoms with van der Waals surface area (Å²) in [5, 5.41) is 8.92. The van der Waals surface area contributed by atoms with E-state index < -0.39 is 5.97 Å². The van der Waals surface area contributed by atoms with E-state index >= 15 is 0 Å². The number of anilines is 1. The van der Waals surface area contributed by atoms with Gasteiger partial charge >= 0.3 is 5.97 Å². The molecule has 0 spiro atoms. The van der Waals surface area contributed by atoms with Crippen LogP contribution in [0.5, 0.6) is 0 Å². The second-order valence-corrected chi connectivity index (χ2v) is 4.56. The van der Waals surface area contributed by atoms with Gasteiger partial charge in [-0.1, -0.05) is 0 Å². The van der Waals surface area contributed by atoms with Gasteiger partial charge in [-0.2, -0.15) is 0 Å². The van der Waals surface area contributed by atoms with Crippen molar-refractivity contribution in [3.8, 4) is 0 Å². The molecule has 1 fully saturated rings. The number of aliphatic carboxylic acids is 1. The normalized spacial score (nSPS) is 14.5. The van der Waals surface area contributed by atoms with Crippen molar-refractivity contribution >= 4 is 11.8 Å². The van der Waals surface area contributed by atoms with Crippen LogP contribution in [-0.4, -0.2) is 33.7 Å². The summed E-state index contributed by atoms with van der Waals surface area (Å²) in [4.78, 5) is 28.6. The molecule has 6 heteroatoms. The Labute approximate surface area is 105 Å². The van der Waals surface area contributed by atoms with Gasteiger partial charge in [-0.05, 0) is 25.7 Å². The summed E-state index contributed by atoms with van der Waals surface area (Å²) in [6, 6.07) is 0. The van der Waals surface area contributed by atoms with Crippen molar-refractivity contribution < 1.29 is 9.90 Å². The quantitative estimate of drug-likeness (QED) is 0.799. The molecule has 1 N–H and O–H groups in total. The Morgan fingerprint density at radius 2 is 2.33 bits per heavy atom. The average Bonchev–Trinajstić information content (AvgIpc) is 3.12. The lowest BCUT2D eigenvalue weighted by atomic mass is 10.3. The average molecular weight is 251 g/mol. The number of rotatable bonds is 6. The smallest absolute Gasteiger partial charge is 0.323 e. The molecular formula is C12H17N3O3. The van der Waals surface area contributed by atoms with Gasteiger partial charge < -0.3 is 14.6 Å². The fourth-order valence-corrected chi connectivity index (χ4v) is 1.90. The molecule has 0 amide bonds. The van der Waals surface area contributed by atoms with Crippen molar-refractivity contribution in [3.05, 3.63) is 22.7 Å². The van der Waals surface area contributed by atoms with Crippen LogP contribution in [0.2, 0.25) is 0 Å². The number of carbonyl (C=O) groups is 1. The number of carboxylic acids is 1. The summed E-state index contributed by atoms with van der Waals surface area (Å²) >= 11 is 0. The number of carboxylic acid groups (broad SMARTS) is 1. The van der Waals surface area contributed by atoms with E-state index in [1.165, 1.54) is 4.57 Å². The first-order chi connectivity index (χ1) is 8.61. The van der Waals surface area contributed by atoms with Gasteiger partial charge in [0.25, 0.3) is 5.56 Å². The van der Waals surface area contributed by atoms with Crippen LogP contribution >= 0.6 is 0 Å². The molecule has 0 aromatic carbocycles. The topological polar surface area (TPSA) is 75.4 Å². The number of aromatic nitrogens is 2. The lowest BCUT2D eigenvalue weighted by Crippen LogP contribution is -2.38. The highest BCUT2D eigenvalue weighted by Gasteiger charge is 2.27. The highest BCUT2D eigenvalue weighted by Crippen LogP contribution is 2.30. The molecule has 0 atom stereocenters. The minimum Gasteiger partial charge on any atom is -0.480 e. The zero-order valence-corrected chi connectivity index (χ0v) is 10.4. The molecule has 1 aromatic heterocycles. The third-order valence-corrected chi connectivity index (χ3v) is 3.04. The van der Waals surface area contributed by atoms with Crippen molar-refractivity contribution in [1.82, 2.24) is 9.55 Å². The van der Waals surface area contributed by atoms with Gasteiger partial charge in [-0.25, -0.2) is 4.98 Å². The van der Waals surface area contributed by atoms with Gasteiger partial charge in [-0.3, -0.25) is 9.59 Å². The maximum Gasteiger partial charge on any atom is 0.323 e.